The molecule has 0 amide bonds. The van der Waals surface area contributed by atoms with Crippen LogP contribution in [-0.2, 0) is 0 Å². The summed E-state index contributed by atoms with van der Waals surface area (Å²) >= 11 is 6.04. The number of rotatable bonds is 4. The number of halogens is 1. The first-order valence-corrected chi connectivity index (χ1v) is 6.13. The molecule has 90 valence electrons. The molecule has 0 fully saturated rings. The van der Waals surface area contributed by atoms with Gasteiger partial charge < -0.3 is 11.1 Å². The van der Waals surface area contributed by atoms with E-state index in [1.54, 1.807) is 0 Å². The molecule has 16 heavy (non-hydrogen) atoms. The zero-order chi connectivity index (χ0) is 12.3. The number of nitrogen functional groups attached to an aromatic ring is 1. The molecule has 3 heteroatoms. The molecule has 0 aliphatic heterocycles. The Morgan fingerprint density at radius 3 is 2.38 bits per heavy atom. The van der Waals surface area contributed by atoms with Crippen molar-refractivity contribution in [3.05, 3.63) is 22.7 Å². The molecule has 0 aliphatic carbocycles. The average molecular weight is 241 g/mol. The summed E-state index contributed by atoms with van der Waals surface area (Å²) < 4.78 is 0. The van der Waals surface area contributed by atoms with Gasteiger partial charge in [0.15, 0.2) is 0 Å². The van der Waals surface area contributed by atoms with Crippen LogP contribution in [0.1, 0.15) is 39.2 Å². The van der Waals surface area contributed by atoms with E-state index in [0.29, 0.717) is 10.7 Å². The molecule has 1 rings (SSSR count). The minimum absolute atomic E-state index is 0.115. The Morgan fingerprint density at radius 2 is 1.88 bits per heavy atom. The van der Waals surface area contributed by atoms with Gasteiger partial charge in [0.25, 0.3) is 0 Å². The molecule has 1 aromatic carbocycles. The van der Waals surface area contributed by atoms with Crippen molar-refractivity contribution in [2.45, 2.75) is 46.1 Å². The van der Waals surface area contributed by atoms with E-state index in [1.807, 2.05) is 19.1 Å². The van der Waals surface area contributed by atoms with E-state index in [9.17, 15) is 0 Å². The average Bonchev–Trinajstić information content (AvgIpc) is 2.25. The monoisotopic (exact) mass is 240 g/mol. The fraction of sp³-hybridized carbons (Fsp3) is 0.538. The highest BCUT2D eigenvalue weighted by molar-refractivity contribution is 6.33. The molecule has 0 saturated carbocycles. The van der Waals surface area contributed by atoms with E-state index in [-0.39, 0.29) is 5.54 Å². The van der Waals surface area contributed by atoms with Crippen LogP contribution >= 0.6 is 11.6 Å². The molecular formula is C13H21ClN2. The summed E-state index contributed by atoms with van der Waals surface area (Å²) in [7, 11) is 0. The predicted octanol–water partition coefficient (Wildman–Crippen LogP) is 4.22. The van der Waals surface area contributed by atoms with Gasteiger partial charge in [0.05, 0.1) is 10.7 Å². The highest BCUT2D eigenvalue weighted by Crippen LogP contribution is 2.30. The molecule has 0 aromatic heterocycles. The van der Waals surface area contributed by atoms with Gasteiger partial charge in [0, 0.05) is 11.2 Å². The molecule has 3 N–H and O–H groups in total. The van der Waals surface area contributed by atoms with Crippen molar-refractivity contribution in [3.8, 4) is 0 Å². The molecule has 0 radical (unpaired) electrons. The van der Waals surface area contributed by atoms with Crippen LogP contribution in [0.3, 0.4) is 0 Å². The van der Waals surface area contributed by atoms with Crippen molar-refractivity contribution >= 4 is 23.0 Å². The van der Waals surface area contributed by atoms with Crippen LogP contribution in [0.4, 0.5) is 11.4 Å². The van der Waals surface area contributed by atoms with Gasteiger partial charge in [-0.15, -0.1) is 0 Å². The van der Waals surface area contributed by atoms with E-state index in [1.165, 1.54) is 0 Å². The number of hydrogen-bond donors (Lipinski definition) is 2. The Hall–Kier alpha value is -0.890. The second-order valence-electron chi connectivity index (χ2n) is 4.58. The van der Waals surface area contributed by atoms with Crippen LogP contribution in [0.2, 0.25) is 5.02 Å². The van der Waals surface area contributed by atoms with Crippen LogP contribution in [0.15, 0.2) is 12.1 Å². The first kappa shape index (κ1) is 13.2. The molecule has 0 heterocycles. The summed E-state index contributed by atoms with van der Waals surface area (Å²) in [4.78, 5) is 0. The summed E-state index contributed by atoms with van der Waals surface area (Å²) in [6.07, 6.45) is 2.15. The lowest BCUT2D eigenvalue weighted by atomic mass is 9.94. The lowest BCUT2D eigenvalue weighted by Gasteiger charge is -2.30. The van der Waals surface area contributed by atoms with Crippen LogP contribution < -0.4 is 11.1 Å². The van der Waals surface area contributed by atoms with Crippen molar-refractivity contribution < 1.29 is 0 Å². The molecule has 0 atom stereocenters. The normalized spacial score (nSPS) is 11.6. The number of aryl methyl sites for hydroxylation is 1. The van der Waals surface area contributed by atoms with Gasteiger partial charge in [0.1, 0.15) is 0 Å². The number of anilines is 2. The maximum atomic E-state index is 6.04. The number of benzene rings is 1. The highest BCUT2D eigenvalue weighted by Gasteiger charge is 2.20. The Bertz CT molecular complexity index is 370. The Kier molecular flexibility index (Phi) is 4.09. The molecular weight excluding hydrogens is 220 g/mol. The van der Waals surface area contributed by atoms with Gasteiger partial charge >= 0.3 is 0 Å². The zero-order valence-electron chi connectivity index (χ0n) is 10.5. The first-order valence-electron chi connectivity index (χ1n) is 5.75. The van der Waals surface area contributed by atoms with Crippen molar-refractivity contribution in [2.75, 3.05) is 11.1 Å². The van der Waals surface area contributed by atoms with E-state index < -0.39 is 0 Å². The summed E-state index contributed by atoms with van der Waals surface area (Å²) in [6, 6.07) is 3.83. The molecule has 1 aromatic rings. The topological polar surface area (TPSA) is 38.0 Å². The first-order chi connectivity index (χ1) is 7.41. The molecule has 0 saturated heterocycles. The highest BCUT2D eigenvalue weighted by atomic mass is 35.5. The number of nitrogens with one attached hydrogen (secondary N) is 1. The van der Waals surface area contributed by atoms with Gasteiger partial charge in [-0.05, 0) is 44.4 Å². The third kappa shape index (κ3) is 2.82. The van der Waals surface area contributed by atoms with Gasteiger partial charge in [-0.25, -0.2) is 0 Å². The van der Waals surface area contributed by atoms with Gasteiger partial charge in [-0.1, -0.05) is 25.4 Å². The van der Waals surface area contributed by atoms with Crippen LogP contribution in [-0.4, -0.2) is 5.54 Å². The summed E-state index contributed by atoms with van der Waals surface area (Å²) in [5, 5.41) is 4.16. The summed E-state index contributed by atoms with van der Waals surface area (Å²) in [6.45, 7) is 8.63. The van der Waals surface area contributed by atoms with Crippen LogP contribution in [0.5, 0.6) is 0 Å². The minimum atomic E-state index is 0.115. The van der Waals surface area contributed by atoms with E-state index in [2.05, 4.69) is 26.1 Å². The van der Waals surface area contributed by atoms with Crippen molar-refractivity contribution in [3.63, 3.8) is 0 Å². The SMILES string of the molecule is CCC(C)(CC)Nc1cc(Cl)c(N)cc1C. The quantitative estimate of drug-likeness (QED) is 0.774. The van der Waals surface area contributed by atoms with E-state index in [0.717, 1.165) is 24.1 Å². The summed E-state index contributed by atoms with van der Waals surface area (Å²) in [5.41, 5.74) is 8.72. The molecule has 0 aliphatic rings. The smallest absolute Gasteiger partial charge is 0.0656 e. The molecule has 0 bridgehead atoms. The Balaban J connectivity index is 3.01. The van der Waals surface area contributed by atoms with Crippen molar-refractivity contribution in [1.29, 1.82) is 0 Å². The largest absolute Gasteiger partial charge is 0.398 e. The third-order valence-corrected chi connectivity index (χ3v) is 3.67. The minimum Gasteiger partial charge on any atom is -0.398 e. The van der Waals surface area contributed by atoms with Gasteiger partial charge in [-0.2, -0.15) is 0 Å². The van der Waals surface area contributed by atoms with Gasteiger partial charge in [0.2, 0.25) is 0 Å². The zero-order valence-corrected chi connectivity index (χ0v) is 11.3. The predicted molar refractivity (Wildman–Crippen MR) is 73.2 cm³/mol. The van der Waals surface area contributed by atoms with Crippen molar-refractivity contribution in [2.24, 2.45) is 0 Å². The summed E-state index contributed by atoms with van der Waals surface area (Å²) in [5.74, 6) is 0. The second kappa shape index (κ2) is 4.96. The fourth-order valence-electron chi connectivity index (χ4n) is 1.59. The standard InChI is InChI=1S/C13H21ClN2/c1-5-13(4,6-2)16-12-8-10(14)11(15)7-9(12)3/h7-8,16H,5-6,15H2,1-4H3. The second-order valence-corrected chi connectivity index (χ2v) is 4.99. The fourth-order valence-corrected chi connectivity index (χ4v) is 1.75. The van der Waals surface area contributed by atoms with Gasteiger partial charge in [-0.3, -0.25) is 0 Å². The maximum Gasteiger partial charge on any atom is 0.0656 e. The molecule has 2 nitrogen and oxygen atoms in total. The Morgan fingerprint density at radius 1 is 1.31 bits per heavy atom. The van der Waals surface area contributed by atoms with Crippen LogP contribution in [0.25, 0.3) is 0 Å². The lowest BCUT2D eigenvalue weighted by molar-refractivity contribution is 0.478. The number of hydrogen-bond acceptors (Lipinski definition) is 2. The van der Waals surface area contributed by atoms with Crippen LogP contribution in [0, 0.1) is 6.92 Å². The van der Waals surface area contributed by atoms with E-state index >= 15 is 0 Å². The van der Waals surface area contributed by atoms with Crippen molar-refractivity contribution in [1.82, 2.24) is 0 Å². The van der Waals surface area contributed by atoms with E-state index in [4.69, 9.17) is 17.3 Å². The molecule has 0 spiro atoms. The molecule has 0 unspecified atom stereocenters. The third-order valence-electron chi connectivity index (χ3n) is 3.34. The number of nitrogens with two attached hydrogens (primary N) is 1. The Labute approximate surface area is 103 Å². The lowest BCUT2D eigenvalue weighted by Crippen LogP contribution is -2.33. The maximum absolute atomic E-state index is 6.04.